The third kappa shape index (κ3) is 8.17. The zero-order valence-corrected chi connectivity index (χ0v) is 34.7. The van der Waals surface area contributed by atoms with E-state index in [0.717, 1.165) is 16.5 Å². The molecule has 310 valence electrons. The lowest BCUT2D eigenvalue weighted by molar-refractivity contribution is -0.171. The van der Waals surface area contributed by atoms with Crippen LogP contribution >= 0.6 is 0 Å². The highest BCUT2D eigenvalue weighted by Crippen LogP contribution is 2.49. The molecule has 0 spiro atoms. The van der Waals surface area contributed by atoms with Crippen molar-refractivity contribution >= 4 is 49.7 Å². The summed E-state index contributed by atoms with van der Waals surface area (Å²) in [6.07, 6.45) is 1.52. The largest absolute Gasteiger partial charge is 0.534 e. The number of fused-ring (bicyclic) bond motifs is 4. The molecule has 7 rings (SSSR count). The first-order valence-electron chi connectivity index (χ1n) is 19.3. The van der Waals surface area contributed by atoms with Crippen LogP contribution in [-0.4, -0.2) is 66.2 Å². The summed E-state index contributed by atoms with van der Waals surface area (Å²) < 4.78 is 90.9. The lowest BCUT2D eigenvalue weighted by atomic mass is 9.82. The number of alkyl halides is 3. The summed E-state index contributed by atoms with van der Waals surface area (Å²) in [7, 11) is -6.17. The normalized spacial score (nSPS) is 16.8. The molecular formula is C42H48F3N5O7S. The summed E-state index contributed by atoms with van der Waals surface area (Å²) in [5, 5.41) is 0.875. The van der Waals surface area contributed by atoms with Gasteiger partial charge in [-0.15, -0.1) is 0 Å². The van der Waals surface area contributed by atoms with Crippen molar-refractivity contribution in [2.45, 2.75) is 105 Å². The summed E-state index contributed by atoms with van der Waals surface area (Å²) in [6, 6.07) is 13.0. The molecule has 0 radical (unpaired) electrons. The van der Waals surface area contributed by atoms with Crippen molar-refractivity contribution in [3.63, 3.8) is 0 Å². The molecule has 1 fully saturated rings. The van der Waals surface area contributed by atoms with Crippen molar-refractivity contribution < 1.29 is 44.5 Å². The van der Waals surface area contributed by atoms with Crippen LogP contribution in [0.25, 0.3) is 33.2 Å². The number of furan rings is 1. The highest BCUT2D eigenvalue weighted by molar-refractivity contribution is 7.88. The molecular weight excluding hydrogens is 776 g/mol. The van der Waals surface area contributed by atoms with Gasteiger partial charge < -0.3 is 27.9 Å². The molecule has 12 nitrogen and oxygen atoms in total. The summed E-state index contributed by atoms with van der Waals surface area (Å²) in [5.41, 5.74) is -1.95. The number of para-hydroxylation sites is 1. The second-order valence-corrected chi connectivity index (χ2v) is 18.5. The van der Waals surface area contributed by atoms with Crippen molar-refractivity contribution in [1.82, 2.24) is 15.0 Å². The standard InChI is InChI=1S/C42H48F3N5O7S/c1-24(2)54-39(51)35(56-40(4,5)6)31-25(3)48-38(57-58(52,53)42(43,44)45)32(34(31)49-19-16-41(7,8)17-20-49)27-13-14-28-22-50(18-15-26(28)21-27)37-36-33(46-23-47-37)29-11-9-10-12-30(29)55-36/h9-14,21,23-24,35H,15-20,22H2,1-8H3/t35-/m0/s1. The number of esters is 1. The quantitative estimate of drug-likeness (QED) is 0.0797. The number of aromatic nitrogens is 3. The Kier molecular flexibility index (Phi) is 10.7. The number of hydrogen-bond donors (Lipinski definition) is 0. The maximum absolute atomic E-state index is 14.0. The van der Waals surface area contributed by atoms with E-state index in [2.05, 4.69) is 33.7 Å². The van der Waals surface area contributed by atoms with Gasteiger partial charge in [0.25, 0.3) is 0 Å². The Balaban J connectivity index is 1.41. The van der Waals surface area contributed by atoms with E-state index in [1.165, 1.54) is 13.3 Å². The van der Waals surface area contributed by atoms with Crippen molar-refractivity contribution in [3.05, 3.63) is 71.2 Å². The molecule has 0 amide bonds. The van der Waals surface area contributed by atoms with Crippen molar-refractivity contribution in [1.29, 1.82) is 0 Å². The Morgan fingerprint density at radius 1 is 0.966 bits per heavy atom. The number of anilines is 2. The van der Waals surface area contributed by atoms with Gasteiger partial charge in [0.15, 0.2) is 17.5 Å². The highest BCUT2D eigenvalue weighted by Gasteiger charge is 2.50. The first-order chi connectivity index (χ1) is 27.1. The van der Waals surface area contributed by atoms with Crippen LogP contribution < -0.4 is 14.0 Å². The zero-order chi connectivity index (χ0) is 41.9. The van der Waals surface area contributed by atoms with Gasteiger partial charge in [-0.1, -0.05) is 44.2 Å². The first kappa shape index (κ1) is 41.2. The van der Waals surface area contributed by atoms with Crippen LogP contribution in [0.1, 0.15) is 89.8 Å². The molecule has 2 aromatic carbocycles. The maximum Gasteiger partial charge on any atom is 0.534 e. The van der Waals surface area contributed by atoms with E-state index in [1.54, 1.807) is 40.7 Å². The number of carbonyl (C=O) groups is 1. The smallest absolute Gasteiger partial charge is 0.461 e. The summed E-state index contributed by atoms with van der Waals surface area (Å²) in [6.45, 7) is 16.3. The van der Waals surface area contributed by atoms with E-state index >= 15 is 0 Å². The number of rotatable bonds is 9. The predicted molar refractivity (Wildman–Crippen MR) is 214 cm³/mol. The zero-order valence-electron chi connectivity index (χ0n) is 33.9. The van der Waals surface area contributed by atoms with E-state index in [1.807, 2.05) is 41.3 Å². The molecule has 5 heterocycles. The van der Waals surface area contributed by atoms with E-state index in [9.17, 15) is 26.4 Å². The number of ether oxygens (including phenoxy) is 2. The molecule has 0 aliphatic carbocycles. The van der Waals surface area contributed by atoms with Crippen LogP contribution in [0.3, 0.4) is 0 Å². The summed E-state index contributed by atoms with van der Waals surface area (Å²) in [4.78, 5) is 31.5. The second kappa shape index (κ2) is 15.0. The van der Waals surface area contributed by atoms with Crippen LogP contribution in [0, 0.1) is 12.3 Å². The molecule has 0 unspecified atom stereocenters. The Bertz CT molecular complexity index is 2490. The molecule has 2 aliphatic heterocycles. The number of pyridine rings is 1. The molecule has 5 aromatic rings. The summed E-state index contributed by atoms with van der Waals surface area (Å²) in [5.74, 6) is -0.842. The summed E-state index contributed by atoms with van der Waals surface area (Å²) >= 11 is 0. The minimum absolute atomic E-state index is 0.00185. The molecule has 58 heavy (non-hydrogen) atoms. The van der Waals surface area contributed by atoms with Gasteiger partial charge in [0.05, 0.1) is 23.0 Å². The predicted octanol–water partition coefficient (Wildman–Crippen LogP) is 8.97. The second-order valence-electron chi connectivity index (χ2n) is 17.0. The number of aryl methyl sites for hydroxylation is 1. The molecule has 0 bridgehead atoms. The molecule has 1 atom stereocenters. The fraction of sp³-hybridized carbons (Fsp3) is 0.476. The van der Waals surface area contributed by atoms with Crippen molar-refractivity contribution in [2.24, 2.45) is 5.41 Å². The average molecular weight is 824 g/mol. The van der Waals surface area contributed by atoms with Gasteiger partial charge in [-0.25, -0.2) is 19.7 Å². The van der Waals surface area contributed by atoms with Gasteiger partial charge >= 0.3 is 21.6 Å². The fourth-order valence-electron chi connectivity index (χ4n) is 7.62. The SMILES string of the molecule is Cc1nc(OS(=O)(=O)C(F)(F)F)c(-c2ccc3c(c2)CCN(c2ncnc4c2oc2ccccc24)C3)c(N2CCC(C)(C)CC2)c1[C@H](OC(C)(C)C)C(=O)OC(C)C. The van der Waals surface area contributed by atoms with Gasteiger partial charge in [0.1, 0.15) is 17.4 Å². The lowest BCUT2D eigenvalue weighted by Crippen LogP contribution is -2.40. The van der Waals surface area contributed by atoms with Crippen LogP contribution in [-0.2, 0) is 37.4 Å². The van der Waals surface area contributed by atoms with E-state index in [4.69, 9.17) is 18.1 Å². The van der Waals surface area contributed by atoms with Gasteiger partial charge in [-0.3, -0.25) is 0 Å². The molecule has 0 N–H and O–H groups in total. The third-order valence-electron chi connectivity index (χ3n) is 10.5. The third-order valence-corrected chi connectivity index (χ3v) is 11.5. The highest BCUT2D eigenvalue weighted by atomic mass is 32.2. The Morgan fingerprint density at radius 2 is 1.67 bits per heavy atom. The van der Waals surface area contributed by atoms with E-state index < -0.39 is 45.3 Å². The number of halogens is 3. The van der Waals surface area contributed by atoms with Gasteiger partial charge in [-0.05, 0) is 95.0 Å². The van der Waals surface area contributed by atoms with Gasteiger partial charge in [0.2, 0.25) is 5.88 Å². The number of nitrogens with zero attached hydrogens (tertiary/aromatic N) is 5. The Labute approximate surface area is 335 Å². The number of benzene rings is 2. The van der Waals surface area contributed by atoms with E-state index in [0.29, 0.717) is 79.2 Å². The van der Waals surface area contributed by atoms with Gasteiger partial charge in [0, 0.05) is 42.8 Å². The van der Waals surface area contributed by atoms with Crippen molar-refractivity contribution in [2.75, 3.05) is 29.4 Å². The van der Waals surface area contributed by atoms with Crippen LogP contribution in [0.5, 0.6) is 5.88 Å². The van der Waals surface area contributed by atoms with E-state index in [-0.39, 0.29) is 22.2 Å². The molecule has 3 aromatic heterocycles. The van der Waals surface area contributed by atoms with Crippen LogP contribution in [0.4, 0.5) is 24.7 Å². The number of carbonyl (C=O) groups excluding carboxylic acids is 1. The average Bonchev–Trinajstić information content (AvgIpc) is 3.51. The molecule has 16 heteroatoms. The first-order valence-corrected chi connectivity index (χ1v) is 20.7. The number of hydrogen-bond acceptors (Lipinski definition) is 12. The fourth-order valence-corrected chi connectivity index (χ4v) is 8.05. The monoisotopic (exact) mass is 823 g/mol. The minimum atomic E-state index is -6.17. The van der Waals surface area contributed by atoms with Crippen LogP contribution in [0.2, 0.25) is 0 Å². The Morgan fingerprint density at radius 3 is 2.34 bits per heavy atom. The maximum atomic E-state index is 14.0. The molecule has 2 aliphatic rings. The van der Waals surface area contributed by atoms with Gasteiger partial charge in [-0.2, -0.15) is 21.6 Å². The lowest BCUT2D eigenvalue weighted by Gasteiger charge is -2.41. The molecule has 0 saturated carbocycles. The van der Waals surface area contributed by atoms with Crippen molar-refractivity contribution in [3.8, 4) is 17.0 Å². The topological polar surface area (TPSA) is 137 Å². The minimum Gasteiger partial charge on any atom is -0.461 e. The molecule has 1 saturated heterocycles. The van der Waals surface area contributed by atoms with Crippen LogP contribution in [0.15, 0.2) is 53.2 Å². The Hall–Kier alpha value is -4.96. The number of piperidine rings is 1.